The number of hydrogen-bond acceptors (Lipinski definition) is 2. The van der Waals surface area contributed by atoms with Crippen LogP contribution in [-0.4, -0.2) is 5.25 Å². The molecule has 0 spiro atoms. The average molecular weight is 129 g/mol. The summed E-state index contributed by atoms with van der Waals surface area (Å²) in [6.07, 6.45) is 0.293. The second-order valence-electron chi connectivity index (χ2n) is 1.52. The molecule has 1 heterocycles. The molecule has 0 radical (unpaired) electrons. The minimum atomic E-state index is -0.171. The predicted molar refractivity (Wildman–Crippen MR) is 30.8 cm³/mol. The van der Waals surface area contributed by atoms with Crippen LogP contribution in [0.1, 0.15) is 6.42 Å². The number of hydrogen-bond donors (Lipinski definition) is 0. The highest BCUT2D eigenvalue weighted by Gasteiger charge is 2.15. The van der Waals surface area contributed by atoms with E-state index in [1.54, 1.807) is 0 Å². The standard InChI is InChI=1S/C5H4FNS/c6-4-1-5(2-7)8-3-4/h3,5H,1H2. The largest absolute Gasteiger partial charge is 0.211 e. The van der Waals surface area contributed by atoms with Crippen molar-refractivity contribution >= 4 is 11.8 Å². The minimum Gasteiger partial charge on any atom is -0.211 e. The van der Waals surface area contributed by atoms with Gasteiger partial charge in [0, 0.05) is 11.8 Å². The van der Waals surface area contributed by atoms with Gasteiger partial charge in [0.05, 0.1) is 6.07 Å². The van der Waals surface area contributed by atoms with Crippen molar-refractivity contribution in [3.63, 3.8) is 0 Å². The molecule has 0 aliphatic carbocycles. The maximum absolute atomic E-state index is 12.0. The Morgan fingerprint density at radius 1 is 2.00 bits per heavy atom. The summed E-state index contributed by atoms with van der Waals surface area (Å²) in [7, 11) is 0. The predicted octanol–water partition coefficient (Wildman–Crippen LogP) is 1.83. The molecule has 0 fully saturated rings. The van der Waals surface area contributed by atoms with Crippen molar-refractivity contribution in [2.75, 3.05) is 0 Å². The van der Waals surface area contributed by atoms with E-state index < -0.39 is 0 Å². The Labute approximate surface area is 51.2 Å². The summed E-state index contributed by atoms with van der Waals surface area (Å²) in [5.74, 6) is -0.165. The fraction of sp³-hybridized carbons (Fsp3) is 0.400. The Balaban J connectivity index is 2.47. The average Bonchev–Trinajstić information content (AvgIpc) is 2.14. The summed E-state index contributed by atoms with van der Waals surface area (Å²) in [6.45, 7) is 0. The zero-order valence-electron chi connectivity index (χ0n) is 4.10. The molecule has 3 heteroatoms. The van der Waals surface area contributed by atoms with Gasteiger partial charge in [0.15, 0.2) is 0 Å². The van der Waals surface area contributed by atoms with E-state index in [-0.39, 0.29) is 11.1 Å². The lowest BCUT2D eigenvalue weighted by atomic mass is 10.3. The van der Waals surface area contributed by atoms with E-state index in [4.69, 9.17) is 5.26 Å². The van der Waals surface area contributed by atoms with Crippen LogP contribution < -0.4 is 0 Å². The first-order chi connectivity index (χ1) is 3.83. The van der Waals surface area contributed by atoms with Gasteiger partial charge in [0.2, 0.25) is 0 Å². The van der Waals surface area contributed by atoms with E-state index in [2.05, 4.69) is 0 Å². The first-order valence-electron chi connectivity index (χ1n) is 2.22. The molecule has 0 N–H and O–H groups in total. The van der Waals surface area contributed by atoms with E-state index in [1.165, 1.54) is 17.2 Å². The van der Waals surface area contributed by atoms with Gasteiger partial charge in [-0.3, -0.25) is 0 Å². The van der Waals surface area contributed by atoms with Gasteiger partial charge in [0.1, 0.15) is 11.1 Å². The Morgan fingerprint density at radius 3 is 3.00 bits per heavy atom. The van der Waals surface area contributed by atoms with Gasteiger partial charge >= 0.3 is 0 Å². The van der Waals surface area contributed by atoms with Crippen molar-refractivity contribution in [1.29, 1.82) is 5.26 Å². The molecule has 0 aromatic carbocycles. The van der Waals surface area contributed by atoms with Gasteiger partial charge in [-0.2, -0.15) is 5.26 Å². The van der Waals surface area contributed by atoms with E-state index in [1.807, 2.05) is 6.07 Å². The van der Waals surface area contributed by atoms with Crippen molar-refractivity contribution in [1.82, 2.24) is 0 Å². The lowest BCUT2D eigenvalue weighted by Gasteiger charge is -1.89. The molecule has 0 saturated carbocycles. The molecular weight excluding hydrogens is 125 g/mol. The maximum atomic E-state index is 12.0. The number of allylic oxidation sites excluding steroid dienone is 1. The van der Waals surface area contributed by atoms with E-state index in [0.717, 1.165) is 0 Å². The van der Waals surface area contributed by atoms with Gasteiger partial charge < -0.3 is 0 Å². The van der Waals surface area contributed by atoms with Crippen molar-refractivity contribution in [3.8, 4) is 6.07 Å². The van der Waals surface area contributed by atoms with Crippen LogP contribution in [0.4, 0.5) is 4.39 Å². The lowest BCUT2D eigenvalue weighted by Crippen LogP contribution is -1.89. The molecule has 0 aromatic rings. The van der Waals surface area contributed by atoms with Gasteiger partial charge in [-0.1, -0.05) is 0 Å². The summed E-state index contributed by atoms with van der Waals surface area (Å²) in [4.78, 5) is 0. The zero-order valence-corrected chi connectivity index (χ0v) is 4.91. The SMILES string of the molecule is N#CC1CC(F)=CS1. The minimum absolute atomic E-state index is 0.165. The third-order valence-electron chi connectivity index (χ3n) is 0.885. The molecule has 0 bridgehead atoms. The van der Waals surface area contributed by atoms with Crippen LogP contribution in [0.15, 0.2) is 11.2 Å². The maximum Gasteiger partial charge on any atom is 0.108 e. The summed E-state index contributed by atoms with van der Waals surface area (Å²) in [5, 5.41) is 9.44. The highest BCUT2D eigenvalue weighted by atomic mass is 32.2. The van der Waals surface area contributed by atoms with Crippen molar-refractivity contribution < 1.29 is 4.39 Å². The number of nitrogens with zero attached hydrogens (tertiary/aromatic N) is 1. The van der Waals surface area contributed by atoms with Crippen LogP contribution in [0.5, 0.6) is 0 Å². The fourth-order valence-electron chi connectivity index (χ4n) is 0.505. The molecule has 1 unspecified atom stereocenters. The normalized spacial score (nSPS) is 27.0. The third kappa shape index (κ3) is 1.01. The van der Waals surface area contributed by atoms with Gasteiger partial charge in [-0.05, 0) is 0 Å². The zero-order chi connectivity index (χ0) is 5.98. The number of halogens is 1. The molecular formula is C5H4FNS. The van der Waals surface area contributed by atoms with E-state index in [9.17, 15) is 4.39 Å². The van der Waals surface area contributed by atoms with Crippen LogP contribution in [-0.2, 0) is 0 Å². The van der Waals surface area contributed by atoms with Gasteiger partial charge in [-0.15, -0.1) is 11.8 Å². The summed E-state index contributed by atoms with van der Waals surface area (Å²) < 4.78 is 12.0. The summed E-state index contributed by atoms with van der Waals surface area (Å²) in [6, 6.07) is 1.97. The Kier molecular flexibility index (Phi) is 1.54. The van der Waals surface area contributed by atoms with Crippen LogP contribution >= 0.6 is 11.8 Å². The van der Waals surface area contributed by atoms with Crippen molar-refractivity contribution in [2.24, 2.45) is 0 Å². The van der Waals surface area contributed by atoms with Crippen LogP contribution in [0.3, 0.4) is 0 Å². The van der Waals surface area contributed by atoms with Crippen molar-refractivity contribution in [3.05, 3.63) is 11.2 Å². The molecule has 42 valence electrons. The first kappa shape index (κ1) is 5.64. The van der Waals surface area contributed by atoms with Gasteiger partial charge in [0.25, 0.3) is 0 Å². The molecule has 1 nitrogen and oxygen atoms in total. The third-order valence-corrected chi connectivity index (χ3v) is 1.88. The van der Waals surface area contributed by atoms with Crippen molar-refractivity contribution in [2.45, 2.75) is 11.7 Å². The monoisotopic (exact) mass is 129 g/mol. The molecule has 1 aliphatic rings. The smallest absolute Gasteiger partial charge is 0.108 e. The highest BCUT2D eigenvalue weighted by molar-refractivity contribution is 8.03. The molecule has 1 atom stereocenters. The van der Waals surface area contributed by atoms with Crippen LogP contribution in [0, 0.1) is 11.3 Å². The van der Waals surface area contributed by atoms with Gasteiger partial charge in [-0.25, -0.2) is 4.39 Å². The second-order valence-corrected chi connectivity index (χ2v) is 2.60. The molecule has 0 saturated heterocycles. The van der Waals surface area contributed by atoms with E-state index in [0.29, 0.717) is 6.42 Å². The highest BCUT2D eigenvalue weighted by Crippen LogP contribution is 2.29. The molecule has 0 amide bonds. The number of thioether (sulfide) groups is 1. The number of nitriles is 1. The first-order valence-corrected chi connectivity index (χ1v) is 3.17. The number of rotatable bonds is 0. The fourth-order valence-corrected chi connectivity index (χ4v) is 1.23. The molecule has 1 aliphatic heterocycles. The van der Waals surface area contributed by atoms with Crippen LogP contribution in [0.2, 0.25) is 0 Å². The Bertz CT molecular complexity index is 158. The summed E-state index contributed by atoms with van der Waals surface area (Å²) in [5.41, 5.74) is 0. The Hall–Kier alpha value is -0.490. The topological polar surface area (TPSA) is 23.8 Å². The molecule has 1 rings (SSSR count). The van der Waals surface area contributed by atoms with E-state index >= 15 is 0 Å². The Morgan fingerprint density at radius 2 is 2.75 bits per heavy atom. The second kappa shape index (κ2) is 2.19. The molecule has 0 aromatic heterocycles. The lowest BCUT2D eigenvalue weighted by molar-refractivity contribution is 0.605. The summed E-state index contributed by atoms with van der Waals surface area (Å²) >= 11 is 1.25. The quantitative estimate of drug-likeness (QED) is 0.498. The molecule has 8 heavy (non-hydrogen) atoms. The van der Waals surface area contributed by atoms with Crippen LogP contribution in [0.25, 0.3) is 0 Å².